The van der Waals surface area contributed by atoms with Gasteiger partial charge in [-0.05, 0) is 32.5 Å². The predicted molar refractivity (Wildman–Crippen MR) is 78.0 cm³/mol. The van der Waals surface area contributed by atoms with Crippen molar-refractivity contribution in [1.29, 1.82) is 0 Å². The number of para-hydroxylation sites is 1. The minimum atomic E-state index is -3.64. The van der Waals surface area contributed by atoms with Crippen LogP contribution in [0.5, 0.6) is 0 Å². The molecule has 6 nitrogen and oxygen atoms in total. The highest BCUT2D eigenvalue weighted by Crippen LogP contribution is 2.25. The van der Waals surface area contributed by atoms with Crippen LogP contribution in [-0.4, -0.2) is 25.7 Å². The second kappa shape index (κ2) is 5.64. The molecule has 0 spiro atoms. The summed E-state index contributed by atoms with van der Waals surface area (Å²) >= 11 is 0. The van der Waals surface area contributed by atoms with Crippen molar-refractivity contribution in [3.8, 4) is 0 Å². The van der Waals surface area contributed by atoms with E-state index in [1.165, 1.54) is 6.20 Å². The van der Waals surface area contributed by atoms with Gasteiger partial charge in [0.2, 0.25) is 0 Å². The lowest BCUT2D eigenvalue weighted by Gasteiger charge is -2.17. The lowest BCUT2D eigenvalue weighted by Crippen LogP contribution is -2.18. The maximum absolute atomic E-state index is 12.4. The van der Waals surface area contributed by atoms with Crippen LogP contribution in [0.15, 0.2) is 35.4 Å². The van der Waals surface area contributed by atoms with Crippen molar-refractivity contribution in [3.63, 3.8) is 0 Å². The maximum Gasteiger partial charge on any atom is 0.265 e. The van der Waals surface area contributed by atoms with Crippen LogP contribution >= 0.6 is 0 Å². The number of hydrogen-bond acceptors (Lipinski definition) is 4. The second-order valence-electron chi connectivity index (χ2n) is 4.56. The Labute approximate surface area is 118 Å². The first kappa shape index (κ1) is 14.5. The van der Waals surface area contributed by atoms with Crippen LogP contribution in [0.1, 0.15) is 24.2 Å². The minimum Gasteiger partial charge on any atom is -0.313 e. The van der Waals surface area contributed by atoms with E-state index in [-0.39, 0.29) is 10.9 Å². The number of H-pyrrole nitrogens is 1. The van der Waals surface area contributed by atoms with Crippen molar-refractivity contribution in [2.45, 2.75) is 24.8 Å². The molecule has 3 N–H and O–H groups in total. The monoisotopic (exact) mass is 294 g/mol. The highest BCUT2D eigenvalue weighted by atomic mass is 32.2. The van der Waals surface area contributed by atoms with Crippen molar-refractivity contribution >= 4 is 15.7 Å². The fraction of sp³-hybridized carbons (Fsp3) is 0.308. The van der Waals surface area contributed by atoms with Crippen molar-refractivity contribution in [2.75, 3.05) is 11.8 Å². The Hall–Kier alpha value is -1.86. The number of benzene rings is 1. The lowest BCUT2D eigenvalue weighted by atomic mass is 10.1. The molecule has 2 rings (SSSR count). The van der Waals surface area contributed by atoms with Gasteiger partial charge in [-0.3, -0.25) is 9.82 Å². The Kier molecular flexibility index (Phi) is 4.10. The van der Waals surface area contributed by atoms with Crippen LogP contribution < -0.4 is 10.0 Å². The summed E-state index contributed by atoms with van der Waals surface area (Å²) in [5.74, 6) is 0. The van der Waals surface area contributed by atoms with Gasteiger partial charge in [0.05, 0.1) is 17.6 Å². The number of aryl methyl sites for hydroxylation is 1. The zero-order valence-electron chi connectivity index (χ0n) is 11.6. The Morgan fingerprint density at radius 1 is 1.30 bits per heavy atom. The van der Waals surface area contributed by atoms with Gasteiger partial charge < -0.3 is 5.32 Å². The molecule has 1 aromatic heterocycles. The molecule has 0 saturated carbocycles. The number of nitrogens with zero attached hydrogens (tertiary/aromatic N) is 1. The topological polar surface area (TPSA) is 86.9 Å². The zero-order valence-corrected chi connectivity index (χ0v) is 12.5. The van der Waals surface area contributed by atoms with Crippen molar-refractivity contribution in [1.82, 2.24) is 15.5 Å². The van der Waals surface area contributed by atoms with Crippen LogP contribution in [0, 0.1) is 6.92 Å². The molecule has 108 valence electrons. The van der Waals surface area contributed by atoms with E-state index in [0.29, 0.717) is 11.4 Å². The first-order valence-electron chi connectivity index (χ1n) is 6.24. The summed E-state index contributed by atoms with van der Waals surface area (Å²) in [4.78, 5) is 0.157. The molecule has 1 aromatic carbocycles. The van der Waals surface area contributed by atoms with Gasteiger partial charge in [-0.15, -0.1) is 0 Å². The summed E-state index contributed by atoms with van der Waals surface area (Å²) < 4.78 is 27.3. The summed E-state index contributed by atoms with van der Waals surface area (Å²) in [6.45, 7) is 3.64. The molecule has 0 radical (unpaired) electrons. The molecule has 1 heterocycles. The number of anilines is 1. The van der Waals surface area contributed by atoms with Gasteiger partial charge >= 0.3 is 0 Å². The normalized spacial score (nSPS) is 13.2. The predicted octanol–water partition coefficient (Wildman–Crippen LogP) is 1.80. The van der Waals surface area contributed by atoms with Crippen LogP contribution in [0.25, 0.3) is 0 Å². The number of aromatic nitrogens is 2. The lowest BCUT2D eigenvalue weighted by molar-refractivity contribution is 0.600. The van der Waals surface area contributed by atoms with Crippen LogP contribution in [-0.2, 0) is 10.0 Å². The molecule has 20 heavy (non-hydrogen) atoms. The van der Waals surface area contributed by atoms with Gasteiger partial charge in [0, 0.05) is 6.04 Å². The van der Waals surface area contributed by atoms with E-state index in [2.05, 4.69) is 20.2 Å². The third kappa shape index (κ3) is 2.83. The highest BCUT2D eigenvalue weighted by molar-refractivity contribution is 7.92. The molecule has 1 atom stereocenters. The Bertz CT molecular complexity index is 694. The Balaban J connectivity index is 2.38. The van der Waals surface area contributed by atoms with E-state index in [1.807, 2.05) is 26.1 Å². The van der Waals surface area contributed by atoms with Crippen molar-refractivity contribution in [2.24, 2.45) is 0 Å². The molecule has 0 aliphatic carbocycles. The maximum atomic E-state index is 12.4. The van der Waals surface area contributed by atoms with Crippen molar-refractivity contribution < 1.29 is 8.42 Å². The fourth-order valence-electron chi connectivity index (χ4n) is 1.93. The number of rotatable bonds is 5. The first-order valence-corrected chi connectivity index (χ1v) is 7.73. The summed E-state index contributed by atoms with van der Waals surface area (Å²) in [5, 5.41) is 9.47. The molecule has 0 aliphatic rings. The molecule has 0 fully saturated rings. The fourth-order valence-corrected chi connectivity index (χ4v) is 3.16. The van der Waals surface area contributed by atoms with Crippen LogP contribution in [0.2, 0.25) is 0 Å². The van der Waals surface area contributed by atoms with Gasteiger partial charge in [-0.25, -0.2) is 8.42 Å². The van der Waals surface area contributed by atoms with E-state index in [1.54, 1.807) is 19.1 Å². The molecule has 2 aromatic rings. The molecular weight excluding hydrogens is 276 g/mol. The standard InChI is InChI=1S/C13H18N4O2S/c1-9(14-3)11-6-4-5-7-12(11)17-20(18,19)13-8-15-16-10(13)2/h4-9,14,17H,1-3H3,(H,15,16). The van der Waals surface area contributed by atoms with Gasteiger partial charge in [0.1, 0.15) is 4.90 Å². The molecule has 0 amide bonds. The number of nitrogens with one attached hydrogen (secondary N) is 3. The van der Waals surface area contributed by atoms with Gasteiger partial charge in [-0.1, -0.05) is 18.2 Å². The summed E-state index contributed by atoms with van der Waals surface area (Å²) in [6, 6.07) is 7.35. The van der Waals surface area contributed by atoms with E-state index in [0.717, 1.165) is 5.56 Å². The summed E-state index contributed by atoms with van der Waals surface area (Å²) in [6.07, 6.45) is 1.31. The van der Waals surface area contributed by atoms with E-state index < -0.39 is 10.0 Å². The molecule has 0 bridgehead atoms. The number of aromatic amines is 1. The third-order valence-electron chi connectivity index (χ3n) is 3.18. The second-order valence-corrected chi connectivity index (χ2v) is 6.21. The average Bonchev–Trinajstić information content (AvgIpc) is 2.85. The quantitative estimate of drug-likeness (QED) is 0.784. The smallest absolute Gasteiger partial charge is 0.265 e. The average molecular weight is 294 g/mol. The van der Waals surface area contributed by atoms with Gasteiger partial charge in [0.25, 0.3) is 10.0 Å². The molecule has 1 unspecified atom stereocenters. The Morgan fingerprint density at radius 3 is 2.60 bits per heavy atom. The number of hydrogen-bond donors (Lipinski definition) is 3. The minimum absolute atomic E-state index is 0.0411. The highest BCUT2D eigenvalue weighted by Gasteiger charge is 2.20. The molecular formula is C13H18N4O2S. The number of sulfonamides is 1. The van der Waals surface area contributed by atoms with E-state index >= 15 is 0 Å². The SMILES string of the molecule is CNC(C)c1ccccc1NS(=O)(=O)c1cn[nH]c1C. The van der Waals surface area contributed by atoms with Crippen LogP contribution in [0.3, 0.4) is 0 Å². The summed E-state index contributed by atoms with van der Waals surface area (Å²) in [5.41, 5.74) is 1.96. The largest absolute Gasteiger partial charge is 0.313 e. The summed E-state index contributed by atoms with van der Waals surface area (Å²) in [7, 11) is -1.81. The molecule has 0 saturated heterocycles. The van der Waals surface area contributed by atoms with Crippen LogP contribution in [0.4, 0.5) is 5.69 Å². The third-order valence-corrected chi connectivity index (χ3v) is 4.66. The molecule has 0 aliphatic heterocycles. The van der Waals surface area contributed by atoms with Gasteiger partial charge in [-0.2, -0.15) is 5.10 Å². The van der Waals surface area contributed by atoms with E-state index in [9.17, 15) is 8.42 Å². The molecule has 7 heteroatoms. The first-order chi connectivity index (χ1) is 9.45. The zero-order chi connectivity index (χ0) is 14.8. The van der Waals surface area contributed by atoms with Gasteiger partial charge in [0.15, 0.2) is 0 Å². The van der Waals surface area contributed by atoms with Crippen molar-refractivity contribution in [3.05, 3.63) is 41.7 Å². The van der Waals surface area contributed by atoms with E-state index in [4.69, 9.17) is 0 Å². The Morgan fingerprint density at radius 2 is 2.00 bits per heavy atom.